The quantitative estimate of drug-likeness (QED) is 0.368. The maximum atomic E-state index is 2.56. The van der Waals surface area contributed by atoms with Gasteiger partial charge in [0.15, 0.2) is 0 Å². The second-order valence-electron chi connectivity index (χ2n) is 4.81. The van der Waals surface area contributed by atoms with Gasteiger partial charge in [-0.25, -0.2) is 0 Å². The van der Waals surface area contributed by atoms with Gasteiger partial charge in [0.25, 0.3) is 0 Å². The van der Waals surface area contributed by atoms with Crippen LogP contribution >= 0.6 is 0 Å². The van der Waals surface area contributed by atoms with E-state index in [9.17, 15) is 0 Å². The Hall–Kier alpha value is 1.06. The van der Waals surface area contributed by atoms with Gasteiger partial charge < -0.3 is 18.8 Å². The van der Waals surface area contributed by atoms with Gasteiger partial charge in [0.1, 0.15) is 0 Å². The van der Waals surface area contributed by atoms with Crippen LogP contribution in [-0.2, 0) is 0 Å². The van der Waals surface area contributed by atoms with Crippen molar-refractivity contribution in [2.75, 3.05) is 0 Å². The molecule has 2 atom stereocenters. The van der Waals surface area contributed by atoms with E-state index in [2.05, 4.69) is 27.2 Å². The second kappa shape index (κ2) is 3.66. The Morgan fingerprint density at radius 3 is 1.92 bits per heavy atom. The van der Waals surface area contributed by atoms with Crippen molar-refractivity contribution in [3.05, 3.63) is 6.42 Å². The van der Waals surface area contributed by atoms with E-state index in [0.717, 1.165) is 5.92 Å². The Bertz CT molecular complexity index is 154. The molecule has 0 heterocycles. The van der Waals surface area contributed by atoms with Gasteiger partial charge in [-0.2, -0.15) is 11.8 Å². The van der Waals surface area contributed by atoms with Gasteiger partial charge in [0.05, 0.1) is 0 Å². The van der Waals surface area contributed by atoms with E-state index < -0.39 is 0 Å². The van der Waals surface area contributed by atoms with Gasteiger partial charge in [0.2, 0.25) is 0 Å². The molecule has 2 rings (SSSR count). The first-order chi connectivity index (χ1) is 4.56. The third-order valence-corrected chi connectivity index (χ3v) is 4.36. The summed E-state index contributed by atoms with van der Waals surface area (Å²) in [5.74, 6) is 0.998. The van der Waals surface area contributed by atoms with Crippen LogP contribution in [0.4, 0.5) is 0 Å². The van der Waals surface area contributed by atoms with E-state index in [1.165, 1.54) is 19.3 Å². The molecule has 2 bridgehead atoms. The fourth-order valence-corrected chi connectivity index (χ4v) is 2.80. The van der Waals surface area contributed by atoms with Gasteiger partial charge in [-0.1, -0.05) is 44.9 Å². The predicted octanol–water partition coefficient (Wildman–Crippen LogP) is -0.340. The van der Waals surface area contributed by atoms with Crippen LogP contribution in [0.2, 0.25) is 0 Å². The normalized spacial score (nSPS) is 41.8. The molecule has 0 aromatic carbocycles. The molecule has 12 heavy (non-hydrogen) atoms. The van der Waals surface area contributed by atoms with Crippen molar-refractivity contribution < 1.29 is 12.4 Å². The van der Waals surface area contributed by atoms with Crippen LogP contribution in [-0.4, -0.2) is 23.1 Å². The molecule has 0 aromatic rings. The summed E-state index contributed by atoms with van der Waals surface area (Å²) in [6.45, 7) is 7.31. The fourth-order valence-electron chi connectivity index (χ4n) is 2.80. The van der Waals surface area contributed by atoms with Gasteiger partial charge >= 0.3 is 23.1 Å². The number of hydrogen-bond donors (Lipinski definition) is 0. The van der Waals surface area contributed by atoms with Crippen molar-refractivity contribution >= 4 is 23.1 Å². The Kier molecular flexibility index (Phi) is 3.99. The zero-order valence-electron chi connectivity index (χ0n) is 8.36. The molecular formula is C10H17ClMg. The molecule has 66 valence electrons. The number of rotatable bonds is 0. The van der Waals surface area contributed by atoms with Gasteiger partial charge in [0, 0.05) is 0 Å². The predicted molar refractivity (Wildman–Crippen MR) is 49.3 cm³/mol. The monoisotopic (exact) mass is 196 g/mol. The first kappa shape index (κ1) is 13.1. The summed E-state index contributed by atoms with van der Waals surface area (Å²) in [5.41, 5.74) is 1.19. The van der Waals surface area contributed by atoms with Crippen LogP contribution < -0.4 is 12.4 Å². The summed E-state index contributed by atoms with van der Waals surface area (Å²) in [4.78, 5) is 0. The minimum atomic E-state index is 0. The van der Waals surface area contributed by atoms with Crippen LogP contribution in [0.15, 0.2) is 0 Å². The molecule has 0 spiro atoms. The Morgan fingerprint density at radius 1 is 1.25 bits per heavy atom. The molecule has 0 radical (unpaired) electrons. The van der Waals surface area contributed by atoms with Crippen molar-refractivity contribution in [1.82, 2.24) is 0 Å². The zero-order valence-corrected chi connectivity index (χ0v) is 10.5. The molecule has 0 saturated heterocycles. The molecule has 2 aliphatic carbocycles. The largest absolute Gasteiger partial charge is 2.00 e. The van der Waals surface area contributed by atoms with Crippen molar-refractivity contribution in [2.24, 2.45) is 16.7 Å². The molecule has 0 nitrogen and oxygen atoms in total. The fraction of sp³-hybridized carbons (Fsp3) is 0.900. The van der Waals surface area contributed by atoms with E-state index in [-0.39, 0.29) is 35.5 Å². The molecule has 2 unspecified atom stereocenters. The topological polar surface area (TPSA) is 0 Å². The average Bonchev–Trinajstić information content (AvgIpc) is 2.18. The number of hydrogen-bond acceptors (Lipinski definition) is 0. The van der Waals surface area contributed by atoms with Crippen molar-refractivity contribution in [2.45, 2.75) is 40.0 Å². The van der Waals surface area contributed by atoms with Crippen LogP contribution in [0.5, 0.6) is 0 Å². The molecule has 0 aliphatic heterocycles. The maximum Gasteiger partial charge on any atom is 2.00 e. The molecule has 2 heteroatoms. The van der Waals surface area contributed by atoms with E-state index >= 15 is 0 Å². The minimum absolute atomic E-state index is 0. The summed E-state index contributed by atoms with van der Waals surface area (Å²) < 4.78 is 0. The maximum absolute atomic E-state index is 2.56. The number of halogens is 1. The summed E-state index contributed by atoms with van der Waals surface area (Å²) >= 11 is 0. The van der Waals surface area contributed by atoms with Crippen LogP contribution in [0.3, 0.4) is 0 Å². The first-order valence-corrected chi connectivity index (χ1v) is 4.41. The van der Waals surface area contributed by atoms with E-state index in [1.54, 1.807) is 0 Å². The SMILES string of the molecule is CC12[CH-]CC(CC1)C2(C)C.[Cl-].[Mg+2]. The van der Waals surface area contributed by atoms with Crippen LogP contribution in [0.1, 0.15) is 40.0 Å². The number of fused-ring (bicyclic) bond motifs is 2. The van der Waals surface area contributed by atoms with E-state index in [0.29, 0.717) is 10.8 Å². The summed E-state index contributed by atoms with van der Waals surface area (Å²) in [6, 6.07) is 0. The van der Waals surface area contributed by atoms with Crippen LogP contribution in [0.25, 0.3) is 0 Å². The molecule has 2 saturated carbocycles. The Morgan fingerprint density at radius 2 is 1.83 bits per heavy atom. The third kappa shape index (κ3) is 1.42. The summed E-state index contributed by atoms with van der Waals surface area (Å²) in [5, 5.41) is 0. The zero-order chi connectivity index (χ0) is 7.41. The Labute approximate surface area is 98.4 Å². The Balaban J connectivity index is 0.000000605. The smallest absolute Gasteiger partial charge is 1.00 e. The van der Waals surface area contributed by atoms with Crippen LogP contribution in [0, 0.1) is 23.2 Å². The second-order valence-corrected chi connectivity index (χ2v) is 4.81. The summed E-state index contributed by atoms with van der Waals surface area (Å²) in [7, 11) is 0. The van der Waals surface area contributed by atoms with Crippen molar-refractivity contribution in [3.8, 4) is 0 Å². The van der Waals surface area contributed by atoms with E-state index in [4.69, 9.17) is 0 Å². The van der Waals surface area contributed by atoms with Crippen molar-refractivity contribution in [3.63, 3.8) is 0 Å². The molecule has 0 amide bonds. The van der Waals surface area contributed by atoms with Gasteiger partial charge in [-0.05, 0) is 0 Å². The average molecular weight is 197 g/mol. The van der Waals surface area contributed by atoms with E-state index in [1.807, 2.05) is 0 Å². The molecule has 0 N–H and O–H groups in total. The molecular weight excluding hydrogens is 180 g/mol. The van der Waals surface area contributed by atoms with Crippen molar-refractivity contribution in [1.29, 1.82) is 0 Å². The summed E-state index contributed by atoms with van der Waals surface area (Å²) in [6.07, 6.45) is 6.84. The molecule has 2 fully saturated rings. The molecule has 2 aliphatic rings. The third-order valence-electron chi connectivity index (χ3n) is 4.36. The molecule has 0 aromatic heterocycles. The standard InChI is InChI=1S/C10H17.ClH.Mg/c1-9(2)8-4-6-10(9,3)7-5-8;;/h6,8H,4-5,7H2,1-3H3;1H;/q-1;;+2/p-1. The van der Waals surface area contributed by atoms with Gasteiger partial charge in [-0.3, -0.25) is 0 Å². The van der Waals surface area contributed by atoms with Gasteiger partial charge in [-0.15, -0.1) is 0 Å². The first-order valence-electron chi connectivity index (χ1n) is 4.41. The minimum Gasteiger partial charge on any atom is -1.00 e.